The number of methoxy groups -OCH3 is 1. The van der Waals surface area contributed by atoms with Crippen LogP contribution in [0.15, 0.2) is 46.9 Å². The van der Waals surface area contributed by atoms with E-state index in [0.717, 1.165) is 23.3 Å². The quantitative estimate of drug-likeness (QED) is 0.902. The lowest BCUT2D eigenvalue weighted by Crippen LogP contribution is -2.25. The van der Waals surface area contributed by atoms with Crippen LogP contribution >= 0.6 is 15.9 Å². The molecule has 4 heteroatoms. The van der Waals surface area contributed by atoms with Gasteiger partial charge < -0.3 is 10.5 Å². The molecule has 0 amide bonds. The van der Waals surface area contributed by atoms with E-state index in [1.54, 1.807) is 13.2 Å². The molecule has 1 atom stereocenters. The highest BCUT2D eigenvalue weighted by molar-refractivity contribution is 9.10. The van der Waals surface area contributed by atoms with Crippen molar-refractivity contribution in [3.05, 3.63) is 63.9 Å². The normalized spacial score (nSPS) is 12.2. The Bertz CT molecular complexity index is 571. The van der Waals surface area contributed by atoms with Crippen molar-refractivity contribution in [3.8, 4) is 5.75 Å². The third-order valence-electron chi connectivity index (χ3n) is 3.17. The van der Waals surface area contributed by atoms with Crippen LogP contribution in [0.2, 0.25) is 0 Å². The van der Waals surface area contributed by atoms with Crippen LogP contribution < -0.4 is 10.5 Å². The molecule has 2 N–H and O–H groups in total. The van der Waals surface area contributed by atoms with Crippen LogP contribution in [0, 0.1) is 5.82 Å². The predicted molar refractivity (Wildman–Crippen MR) is 82.5 cm³/mol. The minimum Gasteiger partial charge on any atom is -0.497 e. The van der Waals surface area contributed by atoms with Gasteiger partial charge in [-0.1, -0.05) is 24.3 Å². The lowest BCUT2D eigenvalue weighted by Gasteiger charge is -2.13. The molecular weight excluding hydrogens is 321 g/mol. The summed E-state index contributed by atoms with van der Waals surface area (Å²) in [6.45, 7) is 0. The largest absolute Gasteiger partial charge is 0.497 e. The summed E-state index contributed by atoms with van der Waals surface area (Å²) in [6.07, 6.45) is 1.37. The molecule has 1 unspecified atom stereocenters. The Morgan fingerprint density at radius 3 is 2.50 bits per heavy atom. The highest BCUT2D eigenvalue weighted by atomic mass is 79.9. The van der Waals surface area contributed by atoms with E-state index in [9.17, 15) is 4.39 Å². The van der Waals surface area contributed by atoms with E-state index >= 15 is 0 Å². The Morgan fingerprint density at radius 1 is 1.15 bits per heavy atom. The van der Waals surface area contributed by atoms with Crippen LogP contribution in [0.5, 0.6) is 5.75 Å². The van der Waals surface area contributed by atoms with Gasteiger partial charge in [-0.05, 0) is 58.1 Å². The lowest BCUT2D eigenvalue weighted by atomic mass is 9.99. The zero-order chi connectivity index (χ0) is 14.5. The summed E-state index contributed by atoms with van der Waals surface area (Å²) in [5.41, 5.74) is 8.19. The molecule has 0 fully saturated rings. The molecule has 20 heavy (non-hydrogen) atoms. The molecule has 2 aromatic rings. The summed E-state index contributed by atoms with van der Waals surface area (Å²) in [5, 5.41) is 0. The standard InChI is InChI=1S/C16H17BrFNO/c1-20-14-7-5-11(6-8-14)9-13(19)10-12-3-2-4-15(18)16(12)17/h2-8,13H,9-10,19H2,1H3. The molecule has 0 bridgehead atoms. The van der Waals surface area contributed by atoms with Crippen molar-refractivity contribution >= 4 is 15.9 Å². The van der Waals surface area contributed by atoms with Crippen LogP contribution in [0.3, 0.4) is 0 Å². The number of ether oxygens (including phenoxy) is 1. The monoisotopic (exact) mass is 337 g/mol. The molecule has 0 radical (unpaired) electrons. The topological polar surface area (TPSA) is 35.2 Å². The fourth-order valence-electron chi connectivity index (χ4n) is 2.13. The smallest absolute Gasteiger partial charge is 0.137 e. The SMILES string of the molecule is COc1ccc(CC(N)Cc2cccc(F)c2Br)cc1. The average Bonchev–Trinajstić information content (AvgIpc) is 2.45. The minimum atomic E-state index is -0.251. The van der Waals surface area contributed by atoms with Gasteiger partial charge in [0, 0.05) is 6.04 Å². The van der Waals surface area contributed by atoms with Gasteiger partial charge in [-0.3, -0.25) is 0 Å². The molecule has 2 aromatic carbocycles. The molecule has 2 rings (SSSR count). The second-order valence-electron chi connectivity index (χ2n) is 4.73. The van der Waals surface area contributed by atoms with Gasteiger partial charge in [0.2, 0.25) is 0 Å². The van der Waals surface area contributed by atoms with Gasteiger partial charge in [0.05, 0.1) is 11.6 Å². The highest BCUT2D eigenvalue weighted by Crippen LogP contribution is 2.22. The summed E-state index contributed by atoms with van der Waals surface area (Å²) in [6, 6.07) is 12.8. The fraction of sp³-hybridized carbons (Fsp3) is 0.250. The zero-order valence-electron chi connectivity index (χ0n) is 11.3. The van der Waals surface area contributed by atoms with Crippen molar-refractivity contribution in [1.82, 2.24) is 0 Å². The summed E-state index contributed by atoms with van der Waals surface area (Å²) in [5.74, 6) is 0.578. The van der Waals surface area contributed by atoms with Crippen molar-refractivity contribution in [2.75, 3.05) is 7.11 Å². The molecule has 0 aromatic heterocycles. The van der Waals surface area contributed by atoms with Crippen molar-refractivity contribution < 1.29 is 9.13 Å². The molecule has 0 saturated carbocycles. The van der Waals surface area contributed by atoms with E-state index < -0.39 is 0 Å². The highest BCUT2D eigenvalue weighted by Gasteiger charge is 2.10. The van der Waals surface area contributed by atoms with E-state index in [4.69, 9.17) is 10.5 Å². The molecule has 0 aliphatic heterocycles. The zero-order valence-corrected chi connectivity index (χ0v) is 12.9. The second-order valence-corrected chi connectivity index (χ2v) is 5.52. The first kappa shape index (κ1) is 15.0. The van der Waals surface area contributed by atoms with Gasteiger partial charge in [0.25, 0.3) is 0 Å². The van der Waals surface area contributed by atoms with Crippen LogP contribution in [0.25, 0.3) is 0 Å². The number of benzene rings is 2. The van der Waals surface area contributed by atoms with E-state index in [1.807, 2.05) is 30.3 Å². The third kappa shape index (κ3) is 3.81. The molecule has 0 heterocycles. The Balaban J connectivity index is 2.01. The van der Waals surface area contributed by atoms with E-state index in [2.05, 4.69) is 15.9 Å². The minimum absolute atomic E-state index is 0.0542. The molecule has 0 saturated heterocycles. The van der Waals surface area contributed by atoms with Crippen molar-refractivity contribution in [1.29, 1.82) is 0 Å². The number of hydrogen-bond acceptors (Lipinski definition) is 2. The maximum Gasteiger partial charge on any atom is 0.137 e. The first-order valence-electron chi connectivity index (χ1n) is 6.41. The Kier molecular flexibility index (Phi) is 5.15. The van der Waals surface area contributed by atoms with Crippen LogP contribution in [-0.2, 0) is 12.8 Å². The number of nitrogens with two attached hydrogens (primary N) is 1. The first-order valence-corrected chi connectivity index (χ1v) is 7.21. The van der Waals surface area contributed by atoms with Gasteiger partial charge in [0.15, 0.2) is 0 Å². The van der Waals surface area contributed by atoms with Crippen molar-refractivity contribution in [3.63, 3.8) is 0 Å². The van der Waals surface area contributed by atoms with Gasteiger partial charge in [-0.25, -0.2) is 4.39 Å². The van der Waals surface area contributed by atoms with E-state index in [-0.39, 0.29) is 11.9 Å². The summed E-state index contributed by atoms with van der Waals surface area (Å²) < 4.78 is 19.1. The van der Waals surface area contributed by atoms with Gasteiger partial charge in [-0.15, -0.1) is 0 Å². The van der Waals surface area contributed by atoms with Crippen LogP contribution in [0.4, 0.5) is 4.39 Å². The average molecular weight is 338 g/mol. The first-order chi connectivity index (χ1) is 9.60. The van der Waals surface area contributed by atoms with E-state index in [1.165, 1.54) is 6.07 Å². The third-order valence-corrected chi connectivity index (χ3v) is 4.06. The van der Waals surface area contributed by atoms with Crippen molar-refractivity contribution in [2.24, 2.45) is 5.73 Å². The number of hydrogen-bond donors (Lipinski definition) is 1. The maximum absolute atomic E-state index is 13.4. The van der Waals surface area contributed by atoms with Gasteiger partial charge in [-0.2, -0.15) is 0 Å². The summed E-state index contributed by atoms with van der Waals surface area (Å²) in [4.78, 5) is 0. The molecule has 0 aliphatic rings. The summed E-state index contributed by atoms with van der Waals surface area (Å²) in [7, 11) is 1.64. The second kappa shape index (κ2) is 6.86. The number of halogens is 2. The van der Waals surface area contributed by atoms with E-state index in [0.29, 0.717) is 10.9 Å². The Hall–Kier alpha value is -1.39. The fourth-order valence-corrected chi connectivity index (χ4v) is 2.55. The Labute approximate surface area is 126 Å². The number of rotatable bonds is 5. The molecule has 0 spiro atoms. The van der Waals surface area contributed by atoms with Crippen LogP contribution in [0.1, 0.15) is 11.1 Å². The van der Waals surface area contributed by atoms with Crippen molar-refractivity contribution in [2.45, 2.75) is 18.9 Å². The predicted octanol–water partition coefficient (Wildman–Crippen LogP) is 3.71. The molecular formula is C16H17BrFNO. The molecule has 0 aliphatic carbocycles. The van der Waals surface area contributed by atoms with Crippen LogP contribution in [-0.4, -0.2) is 13.2 Å². The Morgan fingerprint density at radius 2 is 1.85 bits per heavy atom. The molecule has 2 nitrogen and oxygen atoms in total. The van der Waals surface area contributed by atoms with Gasteiger partial charge in [0.1, 0.15) is 11.6 Å². The lowest BCUT2D eigenvalue weighted by molar-refractivity contribution is 0.414. The molecule has 106 valence electrons. The van der Waals surface area contributed by atoms with Gasteiger partial charge >= 0.3 is 0 Å². The summed E-state index contributed by atoms with van der Waals surface area (Å²) >= 11 is 3.27. The maximum atomic E-state index is 13.4.